The zero-order valence-corrected chi connectivity index (χ0v) is 3.85. The second kappa shape index (κ2) is 5.62. The van der Waals surface area contributed by atoms with Gasteiger partial charge in [-0.25, -0.2) is 0 Å². The molecule has 7 heavy (non-hydrogen) atoms. The molecule has 0 aliphatic heterocycles. The SMILES string of the molecule is C.[B].c1nncs1. The molecule has 2 nitrogen and oxygen atoms in total. The summed E-state index contributed by atoms with van der Waals surface area (Å²) in [6.07, 6.45) is 0. The summed E-state index contributed by atoms with van der Waals surface area (Å²) in [4.78, 5) is 0. The first-order chi connectivity index (χ1) is 2.50. The van der Waals surface area contributed by atoms with Crippen LogP contribution in [0, 0.1) is 0 Å². The Morgan fingerprint density at radius 1 is 1.14 bits per heavy atom. The summed E-state index contributed by atoms with van der Waals surface area (Å²) in [5.41, 5.74) is 3.36. The van der Waals surface area contributed by atoms with Crippen molar-refractivity contribution >= 4 is 19.7 Å². The molecule has 0 bridgehead atoms. The molecule has 0 N–H and O–H groups in total. The van der Waals surface area contributed by atoms with Gasteiger partial charge in [0, 0.05) is 8.41 Å². The van der Waals surface area contributed by atoms with Gasteiger partial charge >= 0.3 is 0 Å². The Balaban J connectivity index is 0. The van der Waals surface area contributed by atoms with Crippen molar-refractivity contribution in [1.29, 1.82) is 0 Å². The van der Waals surface area contributed by atoms with E-state index in [1.807, 2.05) is 0 Å². The minimum Gasteiger partial charge on any atom is -0.147 e. The van der Waals surface area contributed by atoms with Gasteiger partial charge in [0.15, 0.2) is 0 Å². The van der Waals surface area contributed by atoms with Crippen LogP contribution in [0.15, 0.2) is 11.0 Å². The van der Waals surface area contributed by atoms with Gasteiger partial charge < -0.3 is 0 Å². The monoisotopic (exact) mass is 113 g/mol. The van der Waals surface area contributed by atoms with Gasteiger partial charge in [-0.2, -0.15) is 0 Å². The highest BCUT2D eigenvalue weighted by Gasteiger charge is 1.60. The fraction of sp³-hybridized carbons (Fsp3) is 0.333. The third-order valence-electron chi connectivity index (χ3n) is 0.283. The van der Waals surface area contributed by atoms with E-state index in [0.29, 0.717) is 0 Å². The van der Waals surface area contributed by atoms with E-state index < -0.39 is 0 Å². The van der Waals surface area contributed by atoms with Gasteiger partial charge in [0.1, 0.15) is 11.0 Å². The molecule has 0 saturated heterocycles. The smallest absolute Gasteiger partial charge is 0.103 e. The molecule has 1 heterocycles. The lowest BCUT2D eigenvalue weighted by atomic mass is 10.8. The van der Waals surface area contributed by atoms with Crippen LogP contribution in [-0.4, -0.2) is 18.6 Å². The molecular weight excluding hydrogens is 107 g/mol. The van der Waals surface area contributed by atoms with E-state index in [1.165, 1.54) is 11.3 Å². The van der Waals surface area contributed by atoms with Crippen molar-refractivity contribution < 1.29 is 0 Å². The molecule has 0 spiro atoms. The summed E-state index contributed by atoms with van der Waals surface area (Å²) in [5, 5.41) is 6.98. The van der Waals surface area contributed by atoms with Crippen LogP contribution in [0.5, 0.6) is 0 Å². The third-order valence-corrected chi connectivity index (χ3v) is 0.715. The number of nitrogens with zero attached hydrogens (tertiary/aromatic N) is 2. The first-order valence-electron chi connectivity index (χ1n) is 1.19. The van der Waals surface area contributed by atoms with Crippen LogP contribution in [0.3, 0.4) is 0 Å². The molecule has 0 atom stereocenters. The van der Waals surface area contributed by atoms with Crippen LogP contribution in [0.25, 0.3) is 0 Å². The van der Waals surface area contributed by atoms with Gasteiger partial charge in [0.05, 0.1) is 0 Å². The summed E-state index contributed by atoms with van der Waals surface area (Å²) < 4.78 is 0. The highest BCUT2D eigenvalue weighted by Crippen LogP contribution is 1.80. The fourth-order valence-electron chi connectivity index (χ4n) is 0.136. The fourth-order valence-corrected chi connectivity index (χ4v) is 0.408. The average molecular weight is 113 g/mol. The second-order valence-electron chi connectivity index (χ2n) is 0.578. The third kappa shape index (κ3) is 3.46. The molecule has 3 radical (unpaired) electrons. The zero-order valence-electron chi connectivity index (χ0n) is 3.03. The molecule has 0 saturated carbocycles. The summed E-state index contributed by atoms with van der Waals surface area (Å²) >= 11 is 1.49. The van der Waals surface area contributed by atoms with Gasteiger partial charge in [-0.05, 0) is 0 Å². The standard InChI is InChI=1S/C2H2N2S.CH4.B/c1-3-4-2-5-1;;/h1-2H;1H4;. The Labute approximate surface area is 49.2 Å². The van der Waals surface area contributed by atoms with E-state index in [2.05, 4.69) is 10.2 Å². The summed E-state index contributed by atoms with van der Waals surface area (Å²) in [7, 11) is 0. The number of hydrogen-bond donors (Lipinski definition) is 0. The van der Waals surface area contributed by atoms with Crippen molar-refractivity contribution in [3.8, 4) is 0 Å². The molecule has 4 heteroatoms. The summed E-state index contributed by atoms with van der Waals surface area (Å²) in [5.74, 6) is 0. The molecule has 1 aromatic heterocycles. The normalized spacial score (nSPS) is 5.71. The largest absolute Gasteiger partial charge is 0.147 e. The molecular formula is C3H6BN2S. The van der Waals surface area contributed by atoms with Crippen molar-refractivity contribution in [3.63, 3.8) is 0 Å². The first kappa shape index (κ1) is 9.80. The summed E-state index contributed by atoms with van der Waals surface area (Å²) in [6, 6.07) is 0. The highest BCUT2D eigenvalue weighted by molar-refractivity contribution is 7.07. The Bertz CT molecular complexity index is 69.4. The van der Waals surface area contributed by atoms with Gasteiger partial charge in [0.25, 0.3) is 0 Å². The minimum absolute atomic E-state index is 0. The van der Waals surface area contributed by atoms with Crippen molar-refractivity contribution in [2.75, 3.05) is 0 Å². The van der Waals surface area contributed by atoms with Crippen LogP contribution in [-0.2, 0) is 0 Å². The van der Waals surface area contributed by atoms with Crippen molar-refractivity contribution in [3.05, 3.63) is 11.0 Å². The van der Waals surface area contributed by atoms with Crippen LogP contribution in [0.1, 0.15) is 7.43 Å². The summed E-state index contributed by atoms with van der Waals surface area (Å²) in [6.45, 7) is 0. The maximum Gasteiger partial charge on any atom is 0.103 e. The lowest BCUT2D eigenvalue weighted by Crippen LogP contribution is -1.53. The minimum atomic E-state index is 0. The highest BCUT2D eigenvalue weighted by atomic mass is 32.1. The Hall–Kier alpha value is -0.375. The number of aromatic nitrogens is 2. The van der Waals surface area contributed by atoms with Crippen LogP contribution in [0.4, 0.5) is 0 Å². The van der Waals surface area contributed by atoms with Crippen LogP contribution >= 0.6 is 11.3 Å². The van der Waals surface area contributed by atoms with E-state index in [1.54, 1.807) is 11.0 Å². The number of rotatable bonds is 0. The second-order valence-corrected chi connectivity index (χ2v) is 1.27. The lowest BCUT2D eigenvalue weighted by molar-refractivity contribution is 1.09. The topological polar surface area (TPSA) is 25.8 Å². The molecule has 1 aromatic rings. The van der Waals surface area contributed by atoms with Crippen molar-refractivity contribution in [1.82, 2.24) is 10.2 Å². The van der Waals surface area contributed by atoms with Gasteiger partial charge in [0.2, 0.25) is 0 Å². The zero-order chi connectivity index (χ0) is 3.54. The van der Waals surface area contributed by atoms with Gasteiger partial charge in [-0.3, -0.25) is 0 Å². The van der Waals surface area contributed by atoms with E-state index in [0.717, 1.165) is 0 Å². The van der Waals surface area contributed by atoms with Gasteiger partial charge in [-0.1, -0.05) is 7.43 Å². The van der Waals surface area contributed by atoms with Crippen molar-refractivity contribution in [2.45, 2.75) is 7.43 Å². The maximum atomic E-state index is 3.49. The average Bonchev–Trinajstić information content (AvgIpc) is 1.76. The van der Waals surface area contributed by atoms with E-state index >= 15 is 0 Å². The molecule has 0 unspecified atom stereocenters. The van der Waals surface area contributed by atoms with E-state index in [-0.39, 0.29) is 15.8 Å². The molecule has 0 aliphatic carbocycles. The predicted molar refractivity (Wildman–Crippen MR) is 32.4 cm³/mol. The first-order valence-corrected chi connectivity index (χ1v) is 2.13. The molecule has 0 fully saturated rings. The number of hydrogen-bond acceptors (Lipinski definition) is 3. The molecule has 1 rings (SSSR count). The maximum absolute atomic E-state index is 3.49. The Morgan fingerprint density at radius 2 is 1.57 bits per heavy atom. The molecule has 37 valence electrons. The quantitative estimate of drug-likeness (QED) is 0.465. The van der Waals surface area contributed by atoms with Crippen LogP contribution < -0.4 is 0 Å². The predicted octanol–water partition coefficient (Wildman–Crippen LogP) is 0.793. The van der Waals surface area contributed by atoms with Crippen molar-refractivity contribution in [2.24, 2.45) is 0 Å². The molecule has 0 amide bonds. The Morgan fingerprint density at radius 3 is 1.71 bits per heavy atom. The molecule has 0 aliphatic rings. The van der Waals surface area contributed by atoms with E-state index in [9.17, 15) is 0 Å². The molecule has 0 aromatic carbocycles. The van der Waals surface area contributed by atoms with E-state index in [4.69, 9.17) is 0 Å². The van der Waals surface area contributed by atoms with Gasteiger partial charge in [-0.15, -0.1) is 21.5 Å². The van der Waals surface area contributed by atoms with Crippen LogP contribution in [0.2, 0.25) is 0 Å². The Kier molecular flexibility index (Phi) is 7.87. The lowest BCUT2D eigenvalue weighted by Gasteiger charge is -1.41.